The summed E-state index contributed by atoms with van der Waals surface area (Å²) in [5.41, 5.74) is 16.2. The van der Waals surface area contributed by atoms with E-state index < -0.39 is 5.41 Å². The van der Waals surface area contributed by atoms with Crippen LogP contribution in [-0.4, -0.2) is 32.0 Å². The van der Waals surface area contributed by atoms with Crippen LogP contribution in [0.25, 0.3) is 27.5 Å². The van der Waals surface area contributed by atoms with E-state index in [1.165, 1.54) is 83.9 Å². The maximum Gasteiger partial charge on any atom is 0.0950 e. The fourth-order valence-electron chi connectivity index (χ4n) is 9.12. The quantitative estimate of drug-likeness (QED) is 0.187. The molecular weight excluding hydrogens is 623 g/mol. The Hall–Kier alpha value is -5.68. The summed E-state index contributed by atoms with van der Waals surface area (Å²) >= 11 is 0. The third kappa shape index (κ3) is 4.15. The highest BCUT2D eigenvalue weighted by molar-refractivity contribution is 6.12. The first kappa shape index (κ1) is 30.2. The molecule has 0 N–H and O–H groups in total. The molecule has 0 fully saturated rings. The largest absolute Gasteiger partial charge is 0.355 e. The number of nitrogens with zero attached hydrogens (tertiary/aromatic N) is 5. The van der Waals surface area contributed by atoms with E-state index >= 15 is 0 Å². The van der Waals surface area contributed by atoms with Gasteiger partial charge < -0.3 is 24.2 Å². The van der Waals surface area contributed by atoms with Gasteiger partial charge in [-0.15, -0.1) is 0 Å². The van der Waals surface area contributed by atoms with Crippen LogP contribution in [0, 0.1) is 0 Å². The van der Waals surface area contributed by atoms with Crippen molar-refractivity contribution in [2.24, 2.45) is 0 Å². The van der Waals surface area contributed by atoms with Crippen LogP contribution < -0.4 is 19.6 Å². The van der Waals surface area contributed by atoms with E-state index in [-0.39, 0.29) is 5.41 Å². The maximum atomic E-state index is 2.55. The molecule has 3 aliphatic rings. The molecule has 6 aromatic carbocycles. The number of hydrogen-bond acceptors (Lipinski definition) is 4. The fraction of sp³-hybridized carbons (Fsp3) is 0.217. The van der Waals surface area contributed by atoms with E-state index in [1.54, 1.807) is 0 Å². The molecule has 4 heterocycles. The van der Waals surface area contributed by atoms with E-state index in [1.807, 2.05) is 0 Å². The lowest BCUT2D eigenvalue weighted by Crippen LogP contribution is -2.32. The van der Waals surface area contributed by atoms with Crippen LogP contribution in [0.1, 0.15) is 49.9 Å². The molecular formula is C46H43N5. The van der Waals surface area contributed by atoms with Crippen molar-refractivity contribution in [3.05, 3.63) is 150 Å². The second kappa shape index (κ2) is 10.4. The van der Waals surface area contributed by atoms with Gasteiger partial charge in [-0.2, -0.15) is 0 Å². The number of fused-ring (bicyclic) bond motifs is 7. The minimum atomic E-state index is -0.422. The molecule has 1 unspecified atom stereocenters. The summed E-state index contributed by atoms with van der Waals surface area (Å²) in [6.45, 7) is 11.0. The normalized spacial score (nSPS) is 17.8. The SMILES string of the molecule is CN1CN(c2cccc(C3(C)c4cc(N5CN(C)c6ccccc65)ccc4-n4c5ccc(C(C)(C)C)cc5c5cccc3c54)c2)c2ccccc21. The lowest BCUT2D eigenvalue weighted by molar-refractivity contribution is 0.591. The number of anilines is 6. The zero-order valence-electron chi connectivity index (χ0n) is 30.3. The zero-order chi connectivity index (χ0) is 34.8. The smallest absolute Gasteiger partial charge is 0.0950 e. The molecule has 7 aromatic rings. The summed E-state index contributed by atoms with van der Waals surface area (Å²) < 4.78 is 2.55. The molecule has 0 radical (unpaired) electrons. The Morgan fingerprint density at radius 2 is 1.16 bits per heavy atom. The van der Waals surface area contributed by atoms with Gasteiger partial charge in [-0.3, -0.25) is 0 Å². The van der Waals surface area contributed by atoms with Crippen LogP contribution in [0.5, 0.6) is 0 Å². The molecule has 0 saturated heterocycles. The van der Waals surface area contributed by atoms with Crippen molar-refractivity contribution in [3.63, 3.8) is 0 Å². The van der Waals surface area contributed by atoms with Crippen LogP contribution in [0.4, 0.5) is 34.1 Å². The number of aromatic nitrogens is 1. The molecule has 1 aromatic heterocycles. The second-order valence-corrected chi connectivity index (χ2v) is 15.9. The van der Waals surface area contributed by atoms with E-state index in [9.17, 15) is 0 Å². The van der Waals surface area contributed by atoms with Crippen molar-refractivity contribution in [3.8, 4) is 5.69 Å². The second-order valence-electron chi connectivity index (χ2n) is 15.9. The Labute approximate surface area is 300 Å². The first-order valence-electron chi connectivity index (χ1n) is 18.1. The number of hydrogen-bond donors (Lipinski definition) is 0. The molecule has 51 heavy (non-hydrogen) atoms. The van der Waals surface area contributed by atoms with Gasteiger partial charge in [0.05, 0.1) is 52.8 Å². The molecule has 1 atom stereocenters. The highest BCUT2D eigenvalue weighted by Gasteiger charge is 2.41. The van der Waals surface area contributed by atoms with Gasteiger partial charge in [-0.25, -0.2) is 0 Å². The Morgan fingerprint density at radius 3 is 1.82 bits per heavy atom. The van der Waals surface area contributed by atoms with Gasteiger partial charge >= 0.3 is 0 Å². The Balaban J connectivity index is 1.24. The zero-order valence-corrected chi connectivity index (χ0v) is 30.3. The van der Waals surface area contributed by atoms with Crippen LogP contribution >= 0.6 is 0 Å². The summed E-state index contributed by atoms with van der Waals surface area (Å²) in [4.78, 5) is 9.59. The van der Waals surface area contributed by atoms with Gasteiger partial charge in [0.25, 0.3) is 0 Å². The first-order chi connectivity index (χ1) is 24.6. The first-order valence-corrected chi connectivity index (χ1v) is 18.1. The van der Waals surface area contributed by atoms with Crippen molar-refractivity contribution in [1.29, 1.82) is 0 Å². The maximum absolute atomic E-state index is 2.55. The van der Waals surface area contributed by atoms with Gasteiger partial charge in [0.15, 0.2) is 0 Å². The average molecular weight is 666 g/mol. The summed E-state index contributed by atoms with van der Waals surface area (Å²) in [7, 11) is 4.37. The number of rotatable bonds is 3. The minimum absolute atomic E-state index is 0.0591. The van der Waals surface area contributed by atoms with Crippen LogP contribution in [0.3, 0.4) is 0 Å². The summed E-state index contributed by atoms with van der Waals surface area (Å²) in [6.07, 6.45) is 0. The van der Waals surface area contributed by atoms with E-state index in [0.29, 0.717) is 0 Å². The predicted molar refractivity (Wildman–Crippen MR) is 215 cm³/mol. The standard InChI is InChI=1S/C46H43N5/c1-45(2,3)30-21-23-38-35(26-30)34-15-12-16-36-44(34)51(38)39-24-22-33(50-29-48(6)41-18-8-10-20-43(41)50)27-37(39)46(36,4)31-13-11-14-32(25-31)49-28-47(5)40-17-7-9-19-42(40)49/h7-27H,28-29H2,1-6H3. The van der Waals surface area contributed by atoms with Gasteiger partial charge in [0, 0.05) is 41.7 Å². The number of benzene rings is 6. The van der Waals surface area contributed by atoms with Crippen molar-refractivity contribution in [2.45, 2.75) is 38.5 Å². The molecule has 0 aliphatic carbocycles. The molecule has 5 nitrogen and oxygen atoms in total. The topological polar surface area (TPSA) is 17.9 Å². The molecule has 3 aliphatic heterocycles. The van der Waals surface area contributed by atoms with Crippen molar-refractivity contribution in [1.82, 2.24) is 4.57 Å². The highest BCUT2D eigenvalue weighted by atomic mass is 15.4. The van der Waals surface area contributed by atoms with Crippen molar-refractivity contribution >= 4 is 55.9 Å². The Kier molecular flexibility index (Phi) is 6.17. The van der Waals surface area contributed by atoms with E-state index in [4.69, 9.17) is 0 Å². The predicted octanol–water partition coefficient (Wildman–Crippen LogP) is 10.8. The monoisotopic (exact) mass is 665 g/mol. The van der Waals surface area contributed by atoms with Gasteiger partial charge in [0.1, 0.15) is 0 Å². The molecule has 0 spiro atoms. The lowest BCUT2D eigenvalue weighted by Gasteiger charge is -2.39. The molecule has 0 amide bonds. The number of para-hydroxylation sites is 5. The Bertz CT molecular complexity index is 2550. The molecule has 0 saturated carbocycles. The van der Waals surface area contributed by atoms with E-state index in [0.717, 1.165) is 13.3 Å². The third-order valence-corrected chi connectivity index (χ3v) is 11.9. The summed E-state index contributed by atoms with van der Waals surface area (Å²) in [5, 5.41) is 2.63. The Morgan fingerprint density at radius 1 is 0.529 bits per heavy atom. The summed E-state index contributed by atoms with van der Waals surface area (Å²) in [5.74, 6) is 0. The van der Waals surface area contributed by atoms with Crippen molar-refractivity contribution < 1.29 is 0 Å². The van der Waals surface area contributed by atoms with Crippen LogP contribution in [0.15, 0.2) is 127 Å². The average Bonchev–Trinajstić information content (AvgIpc) is 3.79. The molecule has 0 bridgehead atoms. The fourth-order valence-corrected chi connectivity index (χ4v) is 9.12. The van der Waals surface area contributed by atoms with Gasteiger partial charge in [0.2, 0.25) is 0 Å². The molecule has 5 heteroatoms. The van der Waals surface area contributed by atoms with Crippen LogP contribution in [0.2, 0.25) is 0 Å². The van der Waals surface area contributed by atoms with Crippen molar-refractivity contribution in [2.75, 3.05) is 47.0 Å². The van der Waals surface area contributed by atoms with E-state index in [2.05, 4.69) is 193 Å². The molecule has 252 valence electrons. The van der Waals surface area contributed by atoms with Gasteiger partial charge in [-0.05, 0) is 101 Å². The lowest BCUT2D eigenvalue weighted by atomic mass is 9.68. The third-order valence-electron chi connectivity index (χ3n) is 11.9. The summed E-state index contributed by atoms with van der Waals surface area (Å²) in [6, 6.07) is 48.1. The minimum Gasteiger partial charge on any atom is -0.355 e. The van der Waals surface area contributed by atoms with Gasteiger partial charge in [-0.1, -0.05) is 81.4 Å². The molecule has 10 rings (SSSR count). The van der Waals surface area contributed by atoms with Crippen LogP contribution in [-0.2, 0) is 10.8 Å². The highest BCUT2D eigenvalue weighted by Crippen LogP contribution is 2.53.